The average molecular weight is 523 g/mol. The number of hydrogen-bond acceptors (Lipinski definition) is 2. The smallest absolute Gasteiger partial charge is 0.254 e. The van der Waals surface area contributed by atoms with Crippen LogP contribution in [0, 0.1) is 0 Å². The molecule has 2 fully saturated rings. The number of amides is 1. The molecule has 38 heavy (non-hydrogen) atoms. The predicted molar refractivity (Wildman–Crippen MR) is 162 cm³/mol. The van der Waals surface area contributed by atoms with Crippen molar-refractivity contribution in [3.05, 3.63) is 88.2 Å². The molecule has 0 atom stereocenters. The number of benzene rings is 2. The number of rotatable bonds is 6. The van der Waals surface area contributed by atoms with E-state index in [-0.39, 0.29) is 5.91 Å². The fraction of sp³-hybridized carbons (Fsp3) is 0.394. The first kappa shape index (κ1) is 25.1. The Morgan fingerprint density at radius 2 is 1.82 bits per heavy atom. The summed E-state index contributed by atoms with van der Waals surface area (Å²) < 4.78 is 2.50. The van der Waals surface area contributed by atoms with E-state index in [1.165, 1.54) is 51.3 Å². The van der Waals surface area contributed by atoms with Gasteiger partial charge in [0.2, 0.25) is 0 Å². The van der Waals surface area contributed by atoms with Gasteiger partial charge in [0.15, 0.2) is 5.71 Å². The molecule has 1 amide bonds. The van der Waals surface area contributed by atoms with Gasteiger partial charge < -0.3 is 9.80 Å². The van der Waals surface area contributed by atoms with Gasteiger partial charge >= 0.3 is 0 Å². The molecule has 0 unspecified atom stereocenters. The largest absolute Gasteiger partial charge is 0.371 e. The van der Waals surface area contributed by atoms with Crippen LogP contribution >= 0.6 is 0 Å². The molecule has 196 valence electrons. The molecule has 3 heterocycles. The molecular formula is C33H40N3OSi+. The summed E-state index contributed by atoms with van der Waals surface area (Å²) in [7, 11) is -0.0505. The summed E-state index contributed by atoms with van der Waals surface area (Å²) in [5, 5.41) is 2.98. The number of carbonyl (C=O) groups excluding carboxylic acids is 1. The molecule has 0 spiro atoms. The lowest BCUT2D eigenvalue weighted by Crippen LogP contribution is -2.50. The van der Waals surface area contributed by atoms with Crippen molar-refractivity contribution in [3.8, 4) is 0 Å². The van der Waals surface area contributed by atoms with Crippen molar-refractivity contribution in [3.63, 3.8) is 0 Å². The van der Waals surface area contributed by atoms with Crippen molar-refractivity contribution in [2.75, 3.05) is 44.7 Å². The Balaban J connectivity index is 1.56. The fourth-order valence-electron chi connectivity index (χ4n) is 6.25. The molecular weight excluding hydrogens is 482 g/mol. The van der Waals surface area contributed by atoms with Crippen molar-refractivity contribution in [2.24, 2.45) is 0 Å². The normalized spacial score (nSPS) is 19.4. The highest BCUT2D eigenvalue weighted by atomic mass is 28.3. The minimum absolute atomic E-state index is 0.112. The van der Waals surface area contributed by atoms with Crippen LogP contribution in [0.15, 0.2) is 71.5 Å². The van der Waals surface area contributed by atoms with Gasteiger partial charge in [-0.1, -0.05) is 50.7 Å². The molecule has 0 aromatic heterocycles. The molecule has 6 rings (SSSR count). The van der Waals surface area contributed by atoms with Crippen LogP contribution in [0.4, 0.5) is 5.69 Å². The zero-order valence-electron chi connectivity index (χ0n) is 23.4. The molecule has 2 aromatic rings. The van der Waals surface area contributed by atoms with Crippen LogP contribution in [0.2, 0.25) is 13.1 Å². The van der Waals surface area contributed by atoms with Crippen molar-refractivity contribution < 1.29 is 9.37 Å². The topological polar surface area (TPSA) is 26.6 Å². The van der Waals surface area contributed by atoms with E-state index in [1.54, 1.807) is 0 Å². The zero-order valence-corrected chi connectivity index (χ0v) is 24.4. The van der Waals surface area contributed by atoms with Crippen LogP contribution in [0.25, 0.3) is 5.57 Å². The third-order valence-corrected chi connectivity index (χ3v) is 12.5. The number of fused-ring (bicyclic) bond motifs is 2. The maximum atomic E-state index is 13.8. The SMILES string of the molecule is CCCCN(C)C(=O)c1ccccc1C1=C2C=CC(=[N+]3CCC3)C=C2[Si](C)(C)c2cc(N3CCC3)ccc21. The lowest BCUT2D eigenvalue weighted by atomic mass is 9.86. The van der Waals surface area contributed by atoms with Crippen LogP contribution in [0.1, 0.15) is 54.1 Å². The van der Waals surface area contributed by atoms with E-state index in [0.29, 0.717) is 0 Å². The number of anilines is 1. The molecule has 1 aliphatic carbocycles. The Labute approximate surface area is 228 Å². The highest BCUT2D eigenvalue weighted by Crippen LogP contribution is 2.43. The highest BCUT2D eigenvalue weighted by molar-refractivity contribution is 6.98. The molecule has 0 saturated carbocycles. The first-order valence-corrected chi connectivity index (χ1v) is 17.4. The molecule has 5 heteroatoms. The minimum Gasteiger partial charge on any atom is -0.371 e. The summed E-state index contributed by atoms with van der Waals surface area (Å²) >= 11 is 0. The zero-order chi connectivity index (χ0) is 26.4. The van der Waals surface area contributed by atoms with Gasteiger partial charge in [0.25, 0.3) is 5.91 Å². The summed E-state index contributed by atoms with van der Waals surface area (Å²) in [5.74, 6) is 0.112. The van der Waals surface area contributed by atoms with E-state index in [4.69, 9.17) is 0 Å². The van der Waals surface area contributed by atoms with Gasteiger partial charge in [-0.15, -0.1) is 0 Å². The Kier molecular flexibility index (Phi) is 6.51. The Morgan fingerprint density at radius 3 is 2.50 bits per heavy atom. The lowest BCUT2D eigenvalue weighted by Gasteiger charge is -2.40. The van der Waals surface area contributed by atoms with Gasteiger partial charge in [-0.25, -0.2) is 4.58 Å². The summed E-state index contributed by atoms with van der Waals surface area (Å²) in [6.45, 7) is 12.6. The molecule has 0 radical (unpaired) electrons. The van der Waals surface area contributed by atoms with E-state index in [2.05, 4.69) is 78.1 Å². The minimum atomic E-state index is -1.99. The van der Waals surface area contributed by atoms with Crippen molar-refractivity contribution >= 4 is 36.1 Å². The Morgan fingerprint density at radius 1 is 1.03 bits per heavy atom. The van der Waals surface area contributed by atoms with E-state index < -0.39 is 8.07 Å². The van der Waals surface area contributed by atoms with E-state index in [9.17, 15) is 4.79 Å². The molecule has 0 bridgehead atoms. The van der Waals surface area contributed by atoms with E-state index >= 15 is 0 Å². The summed E-state index contributed by atoms with van der Waals surface area (Å²) in [4.78, 5) is 18.1. The van der Waals surface area contributed by atoms with Gasteiger partial charge in [0, 0.05) is 50.1 Å². The maximum Gasteiger partial charge on any atom is 0.254 e. The molecule has 3 aliphatic heterocycles. The van der Waals surface area contributed by atoms with Gasteiger partial charge in [0.05, 0.1) is 6.42 Å². The Hall–Kier alpha value is -3.18. The quantitative estimate of drug-likeness (QED) is 0.376. The highest BCUT2D eigenvalue weighted by Gasteiger charge is 2.41. The van der Waals surface area contributed by atoms with Crippen LogP contribution in [0.5, 0.6) is 0 Å². The maximum absolute atomic E-state index is 13.8. The molecule has 0 N–H and O–H groups in total. The van der Waals surface area contributed by atoms with Gasteiger partial charge in [-0.3, -0.25) is 4.79 Å². The summed E-state index contributed by atoms with van der Waals surface area (Å²) in [6, 6.07) is 15.4. The van der Waals surface area contributed by atoms with Gasteiger partial charge in [-0.05, 0) is 69.8 Å². The summed E-state index contributed by atoms with van der Waals surface area (Å²) in [5.41, 5.74) is 8.40. The molecule has 2 aromatic carbocycles. The number of hydrogen-bond donors (Lipinski definition) is 0. The Bertz CT molecular complexity index is 1420. The van der Waals surface area contributed by atoms with Crippen LogP contribution in [0.3, 0.4) is 0 Å². The predicted octanol–water partition coefficient (Wildman–Crippen LogP) is 5.39. The fourth-order valence-corrected chi connectivity index (χ4v) is 9.32. The monoisotopic (exact) mass is 522 g/mol. The van der Waals surface area contributed by atoms with Gasteiger partial charge in [0.1, 0.15) is 21.2 Å². The summed E-state index contributed by atoms with van der Waals surface area (Å²) in [6.07, 6.45) is 11.8. The van der Waals surface area contributed by atoms with Crippen molar-refractivity contribution in [1.29, 1.82) is 0 Å². The lowest BCUT2D eigenvalue weighted by molar-refractivity contribution is -0.582. The average Bonchev–Trinajstić information content (AvgIpc) is 2.86. The first-order chi connectivity index (χ1) is 18.4. The van der Waals surface area contributed by atoms with E-state index in [0.717, 1.165) is 56.7 Å². The molecule has 4 aliphatic rings. The third kappa shape index (κ3) is 4.12. The number of allylic oxidation sites excluding steroid dienone is 5. The number of unbranched alkanes of at least 4 members (excludes halogenated alkanes) is 1. The first-order valence-electron chi connectivity index (χ1n) is 14.4. The van der Waals surface area contributed by atoms with Crippen LogP contribution in [-0.4, -0.2) is 68.9 Å². The number of nitrogens with zero attached hydrogens (tertiary/aromatic N) is 3. The number of carbonyl (C=O) groups is 1. The standard InChI is InChI=1S/C33H40N3OSi/c1-5-6-17-34(2)33(37)27-12-8-7-11-26(27)32-28-15-13-24(35-18-9-19-35)22-30(28)38(3,4)31-23-25(14-16-29(31)32)36-20-10-21-36/h7-8,11-16,22-23H,5-6,9-10,17-21H2,1-4H3/q+1. The van der Waals surface area contributed by atoms with Gasteiger partial charge in [-0.2, -0.15) is 0 Å². The third-order valence-electron chi connectivity index (χ3n) is 8.95. The van der Waals surface area contributed by atoms with Crippen LogP contribution in [-0.2, 0) is 0 Å². The molecule has 2 saturated heterocycles. The molecule has 4 nitrogen and oxygen atoms in total. The van der Waals surface area contributed by atoms with E-state index in [1.807, 2.05) is 24.1 Å². The van der Waals surface area contributed by atoms with Crippen LogP contribution < -0.4 is 10.1 Å². The second-order valence-corrected chi connectivity index (χ2v) is 16.1. The second kappa shape index (κ2) is 9.85. The van der Waals surface area contributed by atoms with Crippen molar-refractivity contribution in [2.45, 2.75) is 45.7 Å². The second-order valence-electron chi connectivity index (χ2n) is 11.8. The van der Waals surface area contributed by atoms with Crippen molar-refractivity contribution in [1.82, 2.24) is 4.90 Å².